The van der Waals surface area contributed by atoms with Gasteiger partial charge in [-0.05, 0) is 50.0 Å². The third-order valence-corrected chi connectivity index (χ3v) is 6.61. The van der Waals surface area contributed by atoms with Crippen molar-refractivity contribution < 1.29 is 4.79 Å². The fourth-order valence-corrected chi connectivity index (χ4v) is 5.03. The third-order valence-electron chi connectivity index (χ3n) is 5.40. The molecule has 126 valence electrons. The summed E-state index contributed by atoms with van der Waals surface area (Å²) < 4.78 is 0. The van der Waals surface area contributed by atoms with E-state index in [1.807, 2.05) is 25.1 Å². The van der Waals surface area contributed by atoms with Crippen LogP contribution in [0.2, 0.25) is 0 Å². The number of fused-ring (bicyclic) bond motifs is 2. The Morgan fingerprint density at radius 1 is 1.26 bits per heavy atom. The number of thioether (sulfide) groups is 1. The maximum Gasteiger partial charge on any atom is 0.233 e. The maximum absolute atomic E-state index is 12.6. The summed E-state index contributed by atoms with van der Waals surface area (Å²) in [6.45, 7) is 2.02. The van der Waals surface area contributed by atoms with Gasteiger partial charge in [0, 0.05) is 17.8 Å². The Bertz CT molecular complexity index is 507. The number of carbonyl (C=O) groups is 1. The van der Waals surface area contributed by atoms with E-state index >= 15 is 0 Å². The molecule has 2 saturated carbocycles. The fourth-order valence-electron chi connectivity index (χ4n) is 4.18. The molecule has 3 rings (SSSR count). The highest BCUT2D eigenvalue weighted by Gasteiger charge is 2.40. The zero-order valence-corrected chi connectivity index (χ0v) is 14.7. The molecule has 0 saturated heterocycles. The SMILES string of the molecule is CC(SCc1ccccc1)C(=O)NC1C2CCCC1CC(N)C2. The average molecular weight is 333 g/mol. The number of nitrogens with two attached hydrogens (primary N) is 1. The van der Waals surface area contributed by atoms with Crippen molar-refractivity contribution in [2.24, 2.45) is 17.6 Å². The van der Waals surface area contributed by atoms with Gasteiger partial charge in [-0.15, -0.1) is 11.8 Å². The minimum atomic E-state index is -0.00784. The quantitative estimate of drug-likeness (QED) is 0.869. The van der Waals surface area contributed by atoms with Crippen molar-refractivity contribution in [1.82, 2.24) is 5.32 Å². The van der Waals surface area contributed by atoms with Gasteiger partial charge in [-0.1, -0.05) is 36.8 Å². The lowest BCUT2D eigenvalue weighted by atomic mass is 9.67. The molecule has 1 aromatic carbocycles. The highest BCUT2D eigenvalue weighted by Crippen LogP contribution is 2.39. The number of nitrogens with one attached hydrogen (secondary N) is 1. The molecule has 2 aliphatic rings. The van der Waals surface area contributed by atoms with Gasteiger partial charge in [0.05, 0.1) is 5.25 Å². The Morgan fingerprint density at radius 2 is 1.91 bits per heavy atom. The van der Waals surface area contributed by atoms with Crippen LogP contribution in [-0.2, 0) is 10.5 Å². The summed E-state index contributed by atoms with van der Waals surface area (Å²) in [4.78, 5) is 12.6. The molecule has 2 aliphatic carbocycles. The summed E-state index contributed by atoms with van der Waals surface area (Å²) >= 11 is 1.72. The molecule has 3 unspecified atom stereocenters. The van der Waals surface area contributed by atoms with Crippen LogP contribution >= 0.6 is 11.8 Å². The van der Waals surface area contributed by atoms with Crippen molar-refractivity contribution >= 4 is 17.7 Å². The lowest BCUT2D eigenvalue weighted by molar-refractivity contribution is -0.122. The van der Waals surface area contributed by atoms with Gasteiger partial charge in [0.2, 0.25) is 5.91 Å². The minimum absolute atomic E-state index is 0.00784. The molecule has 1 amide bonds. The van der Waals surface area contributed by atoms with Gasteiger partial charge in [0.1, 0.15) is 0 Å². The van der Waals surface area contributed by atoms with E-state index in [1.54, 1.807) is 11.8 Å². The molecule has 0 aromatic heterocycles. The van der Waals surface area contributed by atoms with Crippen LogP contribution in [0.5, 0.6) is 0 Å². The van der Waals surface area contributed by atoms with E-state index in [1.165, 1.54) is 24.8 Å². The second kappa shape index (κ2) is 7.71. The maximum atomic E-state index is 12.6. The molecule has 3 nitrogen and oxygen atoms in total. The molecule has 0 radical (unpaired) electrons. The van der Waals surface area contributed by atoms with Crippen LogP contribution in [0.3, 0.4) is 0 Å². The number of carbonyl (C=O) groups excluding carboxylic acids is 1. The predicted molar refractivity (Wildman–Crippen MR) is 97.2 cm³/mol. The van der Waals surface area contributed by atoms with Crippen molar-refractivity contribution in [3.8, 4) is 0 Å². The first-order chi connectivity index (χ1) is 11.1. The third kappa shape index (κ3) is 4.30. The van der Waals surface area contributed by atoms with Gasteiger partial charge in [0.15, 0.2) is 0 Å². The summed E-state index contributed by atoms with van der Waals surface area (Å²) in [6.07, 6.45) is 5.90. The van der Waals surface area contributed by atoms with Crippen LogP contribution < -0.4 is 11.1 Å². The van der Waals surface area contributed by atoms with Gasteiger partial charge >= 0.3 is 0 Å². The predicted octanol–water partition coefficient (Wildman–Crippen LogP) is 3.33. The molecule has 23 heavy (non-hydrogen) atoms. The average Bonchev–Trinajstić information content (AvgIpc) is 2.54. The van der Waals surface area contributed by atoms with Crippen LogP contribution in [0.4, 0.5) is 0 Å². The number of rotatable bonds is 5. The second-order valence-electron chi connectivity index (χ2n) is 7.16. The minimum Gasteiger partial charge on any atom is -0.352 e. The van der Waals surface area contributed by atoms with E-state index in [0.717, 1.165) is 18.6 Å². The van der Waals surface area contributed by atoms with Crippen molar-refractivity contribution in [3.63, 3.8) is 0 Å². The molecule has 0 spiro atoms. The lowest BCUT2D eigenvalue weighted by Crippen LogP contribution is -2.54. The highest BCUT2D eigenvalue weighted by molar-refractivity contribution is 7.99. The van der Waals surface area contributed by atoms with Crippen molar-refractivity contribution in [1.29, 1.82) is 0 Å². The fraction of sp³-hybridized carbons (Fsp3) is 0.632. The summed E-state index contributed by atoms with van der Waals surface area (Å²) in [5.74, 6) is 2.27. The molecule has 2 bridgehead atoms. The first-order valence-electron chi connectivity index (χ1n) is 8.85. The molecule has 1 aromatic rings. The largest absolute Gasteiger partial charge is 0.352 e. The highest BCUT2D eigenvalue weighted by atomic mass is 32.2. The summed E-state index contributed by atoms with van der Waals surface area (Å²) in [6, 6.07) is 11.0. The van der Waals surface area contributed by atoms with Crippen LogP contribution in [0, 0.1) is 11.8 Å². The van der Waals surface area contributed by atoms with Gasteiger partial charge in [0.25, 0.3) is 0 Å². The molecular formula is C19H28N2OS. The van der Waals surface area contributed by atoms with E-state index < -0.39 is 0 Å². The zero-order valence-electron chi connectivity index (χ0n) is 13.9. The number of benzene rings is 1. The Morgan fingerprint density at radius 3 is 2.57 bits per heavy atom. The van der Waals surface area contributed by atoms with Crippen LogP contribution in [0.25, 0.3) is 0 Å². The van der Waals surface area contributed by atoms with Gasteiger partial charge in [-0.25, -0.2) is 0 Å². The van der Waals surface area contributed by atoms with Crippen LogP contribution in [0.15, 0.2) is 30.3 Å². The van der Waals surface area contributed by atoms with Crippen LogP contribution in [-0.4, -0.2) is 23.2 Å². The normalized spacial score (nSPS) is 31.4. The second-order valence-corrected chi connectivity index (χ2v) is 8.48. The molecule has 2 fully saturated rings. The molecule has 4 heteroatoms. The molecule has 0 heterocycles. The van der Waals surface area contributed by atoms with Gasteiger partial charge in [-0.2, -0.15) is 0 Å². The Balaban J connectivity index is 1.52. The summed E-state index contributed by atoms with van der Waals surface area (Å²) in [5, 5.41) is 3.35. The summed E-state index contributed by atoms with van der Waals surface area (Å²) in [7, 11) is 0. The van der Waals surface area contributed by atoms with E-state index in [-0.39, 0.29) is 11.2 Å². The van der Waals surface area contributed by atoms with E-state index in [0.29, 0.717) is 23.9 Å². The topological polar surface area (TPSA) is 55.1 Å². The first-order valence-corrected chi connectivity index (χ1v) is 9.90. The van der Waals surface area contributed by atoms with Gasteiger partial charge in [-0.3, -0.25) is 4.79 Å². The van der Waals surface area contributed by atoms with Crippen molar-refractivity contribution in [3.05, 3.63) is 35.9 Å². The van der Waals surface area contributed by atoms with Crippen molar-refractivity contribution in [2.75, 3.05) is 0 Å². The Hall–Kier alpha value is -1.00. The molecule has 3 atom stereocenters. The van der Waals surface area contributed by atoms with Gasteiger partial charge < -0.3 is 11.1 Å². The molecule has 0 aliphatic heterocycles. The number of hydrogen-bond acceptors (Lipinski definition) is 3. The van der Waals surface area contributed by atoms with E-state index in [2.05, 4.69) is 17.4 Å². The van der Waals surface area contributed by atoms with Crippen molar-refractivity contribution in [2.45, 2.75) is 62.1 Å². The van der Waals surface area contributed by atoms with E-state index in [9.17, 15) is 4.79 Å². The molecule has 3 N–H and O–H groups in total. The van der Waals surface area contributed by atoms with E-state index in [4.69, 9.17) is 5.73 Å². The molecular weight excluding hydrogens is 304 g/mol. The Labute approximate surface area is 143 Å². The zero-order chi connectivity index (χ0) is 16.2. The smallest absolute Gasteiger partial charge is 0.233 e. The van der Waals surface area contributed by atoms with Crippen LogP contribution in [0.1, 0.15) is 44.6 Å². The summed E-state index contributed by atoms with van der Waals surface area (Å²) in [5.41, 5.74) is 7.45. The monoisotopic (exact) mass is 332 g/mol. The lowest BCUT2D eigenvalue weighted by Gasteiger charge is -2.45. The number of amides is 1. The standard InChI is InChI=1S/C19H28N2OS/c1-13(23-12-14-6-3-2-4-7-14)19(22)21-18-15-8-5-9-16(18)11-17(20)10-15/h2-4,6-7,13,15-18H,5,8-12,20H2,1H3,(H,21,22). The Kier molecular flexibility index (Phi) is 5.65. The number of hydrogen-bond donors (Lipinski definition) is 2. The first kappa shape index (κ1) is 16.8.